The van der Waals surface area contributed by atoms with Gasteiger partial charge >= 0.3 is 5.97 Å². The summed E-state index contributed by atoms with van der Waals surface area (Å²) in [6.07, 6.45) is 1.76. The Hall–Kier alpha value is -1.55. The summed E-state index contributed by atoms with van der Waals surface area (Å²) in [5.41, 5.74) is 0.883. The van der Waals surface area contributed by atoms with Crippen molar-refractivity contribution in [1.82, 2.24) is 4.90 Å². The van der Waals surface area contributed by atoms with E-state index in [0.717, 1.165) is 18.4 Å². The number of hydrogen-bond acceptors (Lipinski definition) is 3. The van der Waals surface area contributed by atoms with E-state index >= 15 is 0 Å². The molecular formula is C17H24ClNO3. The quantitative estimate of drug-likeness (QED) is 0.685. The fourth-order valence-electron chi connectivity index (χ4n) is 2.32. The monoisotopic (exact) mass is 325 g/mol. The predicted octanol–water partition coefficient (Wildman–Crippen LogP) is 3.67. The van der Waals surface area contributed by atoms with E-state index in [1.807, 2.05) is 32.0 Å². The van der Waals surface area contributed by atoms with Crippen LogP contribution in [0.3, 0.4) is 0 Å². The zero-order chi connectivity index (χ0) is 16.5. The standard InChI is InChI=1S/C17H24ClNO3/c1-4-13(5-2)17(21)19(11-10-16(20)22-3)12-14-8-6-7-9-15(14)18/h6-9,13H,4-5,10-12H2,1-3H3. The van der Waals surface area contributed by atoms with Gasteiger partial charge in [0.1, 0.15) is 0 Å². The molecular weight excluding hydrogens is 302 g/mol. The van der Waals surface area contributed by atoms with Crippen LogP contribution in [0.25, 0.3) is 0 Å². The van der Waals surface area contributed by atoms with Gasteiger partial charge in [-0.3, -0.25) is 9.59 Å². The Labute approximate surface area is 137 Å². The maximum Gasteiger partial charge on any atom is 0.307 e. The van der Waals surface area contributed by atoms with E-state index in [-0.39, 0.29) is 24.2 Å². The molecule has 0 aromatic heterocycles. The van der Waals surface area contributed by atoms with Gasteiger partial charge in [-0.1, -0.05) is 43.6 Å². The molecule has 0 aliphatic heterocycles. The topological polar surface area (TPSA) is 46.6 Å². The summed E-state index contributed by atoms with van der Waals surface area (Å²) < 4.78 is 4.66. The van der Waals surface area contributed by atoms with Gasteiger partial charge in [0, 0.05) is 24.0 Å². The number of rotatable bonds is 8. The Morgan fingerprint density at radius 2 is 1.86 bits per heavy atom. The molecule has 1 aromatic rings. The Morgan fingerprint density at radius 3 is 2.41 bits per heavy atom. The fourth-order valence-corrected chi connectivity index (χ4v) is 2.52. The molecule has 0 heterocycles. The maximum atomic E-state index is 12.7. The molecule has 4 nitrogen and oxygen atoms in total. The Bertz CT molecular complexity index is 500. The lowest BCUT2D eigenvalue weighted by Gasteiger charge is -2.26. The third kappa shape index (κ3) is 5.34. The van der Waals surface area contributed by atoms with Gasteiger partial charge in [0.25, 0.3) is 0 Å². The number of halogens is 1. The van der Waals surface area contributed by atoms with Gasteiger partial charge in [-0.2, -0.15) is 0 Å². The predicted molar refractivity (Wildman–Crippen MR) is 87.6 cm³/mol. The zero-order valence-corrected chi connectivity index (χ0v) is 14.2. The number of methoxy groups -OCH3 is 1. The number of nitrogens with zero attached hydrogens (tertiary/aromatic N) is 1. The van der Waals surface area contributed by atoms with E-state index in [1.54, 1.807) is 11.0 Å². The molecule has 5 heteroatoms. The van der Waals surface area contributed by atoms with Crippen molar-refractivity contribution in [2.45, 2.75) is 39.7 Å². The molecule has 22 heavy (non-hydrogen) atoms. The van der Waals surface area contributed by atoms with Gasteiger partial charge in [0.15, 0.2) is 0 Å². The van der Waals surface area contributed by atoms with Crippen molar-refractivity contribution < 1.29 is 14.3 Å². The minimum Gasteiger partial charge on any atom is -0.469 e. The average Bonchev–Trinajstić information content (AvgIpc) is 2.53. The van der Waals surface area contributed by atoms with Gasteiger partial charge < -0.3 is 9.64 Å². The fraction of sp³-hybridized carbons (Fsp3) is 0.529. The SMILES string of the molecule is CCC(CC)C(=O)N(CCC(=O)OC)Cc1ccccc1Cl. The van der Waals surface area contributed by atoms with Crippen molar-refractivity contribution in [3.05, 3.63) is 34.9 Å². The summed E-state index contributed by atoms with van der Waals surface area (Å²) in [5.74, 6) is -0.282. The molecule has 0 fully saturated rings. The maximum absolute atomic E-state index is 12.7. The lowest BCUT2D eigenvalue weighted by Crippen LogP contribution is -2.37. The van der Waals surface area contributed by atoms with E-state index in [2.05, 4.69) is 4.74 Å². The summed E-state index contributed by atoms with van der Waals surface area (Å²) in [6.45, 7) is 4.75. The van der Waals surface area contributed by atoms with Crippen molar-refractivity contribution in [3.8, 4) is 0 Å². The van der Waals surface area contributed by atoms with Crippen molar-refractivity contribution >= 4 is 23.5 Å². The zero-order valence-electron chi connectivity index (χ0n) is 13.5. The molecule has 1 aromatic carbocycles. The van der Waals surface area contributed by atoms with Crippen molar-refractivity contribution in [3.63, 3.8) is 0 Å². The first-order valence-electron chi connectivity index (χ1n) is 7.62. The number of amides is 1. The highest BCUT2D eigenvalue weighted by molar-refractivity contribution is 6.31. The van der Waals surface area contributed by atoms with E-state index in [0.29, 0.717) is 18.1 Å². The number of esters is 1. The van der Waals surface area contributed by atoms with Crippen LogP contribution in [0.2, 0.25) is 5.02 Å². The Kier molecular flexibility index (Phi) is 7.96. The third-order valence-corrected chi connectivity index (χ3v) is 4.15. The van der Waals surface area contributed by atoms with Gasteiger partial charge in [-0.15, -0.1) is 0 Å². The second kappa shape index (κ2) is 9.46. The van der Waals surface area contributed by atoms with E-state index in [9.17, 15) is 9.59 Å². The number of carbonyl (C=O) groups excluding carboxylic acids is 2. The van der Waals surface area contributed by atoms with Crippen LogP contribution in [0.1, 0.15) is 38.7 Å². The molecule has 1 rings (SSSR count). The molecule has 0 aliphatic rings. The largest absolute Gasteiger partial charge is 0.469 e. The van der Waals surface area contributed by atoms with Crippen LogP contribution in [0.4, 0.5) is 0 Å². The lowest BCUT2D eigenvalue weighted by molar-refractivity contribution is -0.142. The number of carbonyl (C=O) groups is 2. The molecule has 0 N–H and O–H groups in total. The first-order chi connectivity index (χ1) is 10.5. The van der Waals surface area contributed by atoms with Crippen LogP contribution in [0, 0.1) is 5.92 Å². The molecule has 0 aliphatic carbocycles. The summed E-state index contributed by atoms with van der Waals surface area (Å²) >= 11 is 6.18. The van der Waals surface area contributed by atoms with Crippen LogP contribution in [0.5, 0.6) is 0 Å². The summed E-state index contributed by atoms with van der Waals surface area (Å²) in [7, 11) is 1.35. The highest BCUT2D eigenvalue weighted by Crippen LogP contribution is 2.20. The van der Waals surface area contributed by atoms with E-state index in [4.69, 9.17) is 11.6 Å². The first-order valence-corrected chi connectivity index (χ1v) is 8.00. The molecule has 0 saturated carbocycles. The molecule has 0 atom stereocenters. The molecule has 0 radical (unpaired) electrons. The van der Waals surface area contributed by atoms with E-state index in [1.165, 1.54) is 7.11 Å². The van der Waals surface area contributed by atoms with Gasteiger partial charge in [-0.25, -0.2) is 0 Å². The first kappa shape index (κ1) is 18.5. The molecule has 0 unspecified atom stereocenters. The van der Waals surface area contributed by atoms with Crippen LogP contribution in [-0.4, -0.2) is 30.4 Å². The van der Waals surface area contributed by atoms with Crippen LogP contribution in [-0.2, 0) is 20.9 Å². The van der Waals surface area contributed by atoms with Crippen molar-refractivity contribution in [1.29, 1.82) is 0 Å². The molecule has 0 bridgehead atoms. The number of benzene rings is 1. The second-order valence-electron chi connectivity index (χ2n) is 5.19. The third-order valence-electron chi connectivity index (χ3n) is 3.78. The molecule has 1 amide bonds. The van der Waals surface area contributed by atoms with Crippen LogP contribution >= 0.6 is 11.6 Å². The highest BCUT2D eigenvalue weighted by atomic mass is 35.5. The number of hydrogen-bond donors (Lipinski definition) is 0. The smallest absolute Gasteiger partial charge is 0.307 e. The summed E-state index contributed by atoms with van der Waals surface area (Å²) in [6, 6.07) is 7.44. The molecule has 0 saturated heterocycles. The van der Waals surface area contributed by atoms with E-state index < -0.39 is 0 Å². The minimum absolute atomic E-state index is 0.0277. The second-order valence-corrected chi connectivity index (χ2v) is 5.60. The van der Waals surface area contributed by atoms with Gasteiger partial charge in [-0.05, 0) is 24.5 Å². The summed E-state index contributed by atoms with van der Waals surface area (Å²) in [4.78, 5) is 25.7. The molecule has 0 spiro atoms. The Morgan fingerprint density at radius 1 is 1.23 bits per heavy atom. The Balaban J connectivity index is 2.88. The van der Waals surface area contributed by atoms with Gasteiger partial charge in [0.2, 0.25) is 5.91 Å². The van der Waals surface area contributed by atoms with Gasteiger partial charge in [0.05, 0.1) is 13.5 Å². The number of ether oxygens (including phenoxy) is 1. The van der Waals surface area contributed by atoms with Crippen LogP contribution < -0.4 is 0 Å². The minimum atomic E-state index is -0.318. The summed E-state index contributed by atoms with van der Waals surface area (Å²) in [5, 5.41) is 0.628. The molecule has 122 valence electrons. The lowest BCUT2D eigenvalue weighted by atomic mass is 10.0. The van der Waals surface area contributed by atoms with Crippen molar-refractivity contribution in [2.24, 2.45) is 5.92 Å². The van der Waals surface area contributed by atoms with Crippen LogP contribution in [0.15, 0.2) is 24.3 Å². The normalized spacial score (nSPS) is 10.6. The highest BCUT2D eigenvalue weighted by Gasteiger charge is 2.23. The average molecular weight is 326 g/mol. The van der Waals surface area contributed by atoms with Crippen molar-refractivity contribution in [2.75, 3.05) is 13.7 Å².